The van der Waals surface area contributed by atoms with Crippen LogP contribution in [-0.2, 0) is 0 Å². The first-order valence-electron chi connectivity index (χ1n) is 8.67. The Morgan fingerprint density at radius 1 is 0.630 bits per heavy atom. The summed E-state index contributed by atoms with van der Waals surface area (Å²) in [7, 11) is 0. The van der Waals surface area contributed by atoms with Crippen LogP contribution in [-0.4, -0.2) is 0 Å². The average Bonchev–Trinajstić information content (AvgIpc) is 3.07. The van der Waals surface area contributed by atoms with E-state index in [9.17, 15) is 0 Å². The molecule has 0 amide bonds. The molecule has 0 N–H and O–H groups in total. The highest BCUT2D eigenvalue weighted by Gasteiger charge is 2.15. The monoisotopic (exact) mass is 448 g/mol. The van der Waals surface area contributed by atoms with Gasteiger partial charge >= 0.3 is 0 Å². The topological polar surface area (TPSA) is 0 Å². The zero-order valence-corrected chi connectivity index (χ0v) is 17.4. The molecule has 0 radical (unpaired) electrons. The van der Waals surface area contributed by atoms with Crippen molar-refractivity contribution < 1.29 is 0 Å². The van der Waals surface area contributed by atoms with E-state index in [0.717, 1.165) is 20.6 Å². The Balaban J connectivity index is 1.85. The molecule has 1 heterocycles. The van der Waals surface area contributed by atoms with Crippen LogP contribution in [0.1, 0.15) is 0 Å². The Hall–Kier alpha value is -2.13. The summed E-state index contributed by atoms with van der Waals surface area (Å²) in [6, 6.07) is 29.6. The third kappa shape index (κ3) is 2.89. The van der Waals surface area contributed by atoms with Crippen molar-refractivity contribution in [1.82, 2.24) is 0 Å². The molecule has 0 saturated carbocycles. The van der Waals surface area contributed by atoms with Gasteiger partial charge in [0.1, 0.15) is 0 Å². The predicted molar refractivity (Wildman–Crippen MR) is 123 cm³/mol. The van der Waals surface area contributed by atoms with Gasteiger partial charge < -0.3 is 0 Å². The average molecular weight is 450 g/mol. The van der Waals surface area contributed by atoms with Crippen LogP contribution in [0.4, 0.5) is 0 Å². The number of hydrogen-bond acceptors (Lipinski definition) is 1. The zero-order valence-electron chi connectivity index (χ0n) is 14.2. The number of rotatable bonds is 2. The second-order valence-electron chi connectivity index (χ2n) is 6.45. The van der Waals surface area contributed by atoms with E-state index in [1.807, 2.05) is 23.5 Å². The highest BCUT2D eigenvalue weighted by atomic mass is 79.9. The van der Waals surface area contributed by atoms with Gasteiger partial charge in [0.15, 0.2) is 0 Å². The molecule has 5 rings (SSSR count). The summed E-state index contributed by atoms with van der Waals surface area (Å²) in [5.41, 5.74) is 4.73. The maximum absolute atomic E-state index is 6.38. The van der Waals surface area contributed by atoms with Crippen LogP contribution in [0.15, 0.2) is 89.4 Å². The number of thiophene rings is 1. The van der Waals surface area contributed by atoms with Crippen molar-refractivity contribution in [2.24, 2.45) is 0 Å². The van der Waals surface area contributed by atoms with E-state index in [4.69, 9.17) is 11.6 Å². The fourth-order valence-corrected chi connectivity index (χ4v) is 5.51. The molecule has 0 saturated heterocycles. The molecule has 0 atom stereocenters. The number of halogens is 2. The molecule has 4 aromatic carbocycles. The van der Waals surface area contributed by atoms with Gasteiger partial charge in [-0.2, -0.15) is 0 Å². The largest absolute Gasteiger partial charge is 0.135 e. The molecular formula is C24H14BrClS. The van der Waals surface area contributed by atoms with Crippen molar-refractivity contribution in [3.05, 3.63) is 94.4 Å². The molecule has 5 aromatic rings. The summed E-state index contributed by atoms with van der Waals surface area (Å²) < 4.78 is 3.70. The molecule has 0 bridgehead atoms. The predicted octanol–water partition coefficient (Wildman–Crippen LogP) is 8.80. The van der Waals surface area contributed by atoms with Crippen molar-refractivity contribution in [2.75, 3.05) is 0 Å². The van der Waals surface area contributed by atoms with Gasteiger partial charge in [-0.25, -0.2) is 0 Å². The first kappa shape index (κ1) is 17.0. The molecule has 0 fully saturated rings. The van der Waals surface area contributed by atoms with Gasteiger partial charge in [0.2, 0.25) is 0 Å². The first-order chi connectivity index (χ1) is 13.2. The van der Waals surface area contributed by atoms with Crippen molar-refractivity contribution >= 4 is 59.0 Å². The minimum absolute atomic E-state index is 0.744. The van der Waals surface area contributed by atoms with E-state index in [1.165, 1.54) is 31.3 Å². The lowest BCUT2D eigenvalue weighted by molar-refractivity contribution is 1.57. The lowest BCUT2D eigenvalue weighted by Gasteiger charge is -2.13. The maximum atomic E-state index is 6.38. The molecule has 0 unspecified atom stereocenters. The Morgan fingerprint density at radius 2 is 1.37 bits per heavy atom. The molecular weight excluding hydrogens is 436 g/mol. The summed E-state index contributed by atoms with van der Waals surface area (Å²) >= 11 is 11.9. The zero-order chi connectivity index (χ0) is 18.4. The van der Waals surface area contributed by atoms with Gasteiger partial charge in [-0.1, -0.05) is 88.2 Å². The molecule has 0 spiro atoms. The second kappa shape index (κ2) is 6.79. The van der Waals surface area contributed by atoms with Crippen molar-refractivity contribution in [2.45, 2.75) is 0 Å². The Labute approximate surface area is 175 Å². The Morgan fingerprint density at radius 3 is 2.26 bits per heavy atom. The van der Waals surface area contributed by atoms with Crippen LogP contribution >= 0.6 is 38.9 Å². The van der Waals surface area contributed by atoms with E-state index in [2.05, 4.69) is 88.7 Å². The fourth-order valence-electron chi connectivity index (χ4n) is 3.61. The fraction of sp³-hybridized carbons (Fsp3) is 0. The highest BCUT2D eigenvalue weighted by molar-refractivity contribution is 9.10. The lowest BCUT2D eigenvalue weighted by atomic mass is 9.94. The number of benzene rings is 4. The van der Waals surface area contributed by atoms with E-state index < -0.39 is 0 Å². The molecule has 27 heavy (non-hydrogen) atoms. The highest BCUT2D eigenvalue weighted by Crippen LogP contribution is 2.44. The Kier molecular flexibility index (Phi) is 4.28. The van der Waals surface area contributed by atoms with Gasteiger partial charge in [0.05, 0.1) is 0 Å². The number of fused-ring (bicyclic) bond motifs is 3. The quantitative estimate of drug-likeness (QED) is 0.252. The molecule has 0 nitrogen and oxygen atoms in total. The van der Waals surface area contributed by atoms with Gasteiger partial charge in [-0.15, -0.1) is 11.3 Å². The molecule has 1 aromatic heterocycles. The SMILES string of the molecule is Clc1ccc(-c2cccc3c2sc2ccccc23)c(-c2ccccc2Br)c1. The molecule has 0 aliphatic carbocycles. The first-order valence-corrected chi connectivity index (χ1v) is 10.7. The molecule has 0 aliphatic heterocycles. The maximum Gasteiger partial charge on any atom is 0.0434 e. The summed E-state index contributed by atoms with van der Waals surface area (Å²) in [6.45, 7) is 0. The van der Waals surface area contributed by atoms with E-state index in [1.54, 1.807) is 0 Å². The van der Waals surface area contributed by atoms with Gasteiger partial charge in [0.25, 0.3) is 0 Å². The van der Waals surface area contributed by atoms with Crippen LogP contribution < -0.4 is 0 Å². The summed E-state index contributed by atoms with van der Waals surface area (Å²) in [4.78, 5) is 0. The van der Waals surface area contributed by atoms with Crippen LogP contribution in [0, 0.1) is 0 Å². The van der Waals surface area contributed by atoms with Gasteiger partial charge in [-0.05, 0) is 41.0 Å². The second-order valence-corrected chi connectivity index (χ2v) is 8.79. The third-order valence-electron chi connectivity index (χ3n) is 4.84. The normalized spacial score (nSPS) is 11.3. The van der Waals surface area contributed by atoms with Gasteiger partial charge in [0, 0.05) is 35.2 Å². The van der Waals surface area contributed by atoms with E-state index in [0.29, 0.717) is 0 Å². The standard InChI is InChI=1S/C24H14BrClS/c25-22-10-3-1-6-17(22)21-14-15(26)12-13-16(21)19-8-5-9-20-18-7-2-4-11-23(18)27-24(19)20/h1-14H. The van der Waals surface area contributed by atoms with Crippen molar-refractivity contribution in [3.63, 3.8) is 0 Å². The third-order valence-corrected chi connectivity index (χ3v) is 6.99. The summed E-state index contributed by atoms with van der Waals surface area (Å²) in [6.07, 6.45) is 0. The van der Waals surface area contributed by atoms with E-state index in [-0.39, 0.29) is 0 Å². The minimum Gasteiger partial charge on any atom is -0.135 e. The molecule has 0 aliphatic rings. The molecule has 130 valence electrons. The summed E-state index contributed by atoms with van der Waals surface area (Å²) in [5.74, 6) is 0. The van der Waals surface area contributed by atoms with Crippen molar-refractivity contribution in [3.8, 4) is 22.3 Å². The lowest BCUT2D eigenvalue weighted by Crippen LogP contribution is -1.87. The van der Waals surface area contributed by atoms with Crippen LogP contribution in [0.2, 0.25) is 5.02 Å². The number of hydrogen-bond donors (Lipinski definition) is 0. The smallest absolute Gasteiger partial charge is 0.0434 e. The van der Waals surface area contributed by atoms with Crippen LogP contribution in [0.25, 0.3) is 42.4 Å². The molecule has 3 heteroatoms. The summed E-state index contributed by atoms with van der Waals surface area (Å²) in [5, 5.41) is 3.37. The minimum atomic E-state index is 0.744. The Bertz CT molecular complexity index is 1300. The van der Waals surface area contributed by atoms with Gasteiger partial charge in [-0.3, -0.25) is 0 Å². The van der Waals surface area contributed by atoms with E-state index >= 15 is 0 Å². The van der Waals surface area contributed by atoms with Crippen LogP contribution in [0.5, 0.6) is 0 Å². The van der Waals surface area contributed by atoms with Crippen LogP contribution in [0.3, 0.4) is 0 Å². The van der Waals surface area contributed by atoms with Crippen molar-refractivity contribution in [1.29, 1.82) is 0 Å².